The summed E-state index contributed by atoms with van der Waals surface area (Å²) in [5.74, 6) is -0.145. The number of unbranched alkanes of at least 4 members (excludes halogenated alkanes) is 2. The van der Waals surface area contributed by atoms with E-state index < -0.39 is 12.0 Å². The minimum Gasteiger partial charge on any atom is -0.461 e. The number of carbonyl (C=O) groups is 2. The van der Waals surface area contributed by atoms with Gasteiger partial charge in [0.2, 0.25) is 5.78 Å². The number of nitrogens with zero attached hydrogens (tertiary/aromatic N) is 1. The molecule has 1 heterocycles. The van der Waals surface area contributed by atoms with E-state index in [0.29, 0.717) is 5.92 Å². The van der Waals surface area contributed by atoms with Gasteiger partial charge < -0.3 is 4.74 Å². The first-order valence-electron chi connectivity index (χ1n) is 9.22. The quantitative estimate of drug-likeness (QED) is 0.347. The molecule has 0 N–H and O–H groups in total. The molecule has 1 unspecified atom stereocenters. The van der Waals surface area contributed by atoms with Gasteiger partial charge in [0.1, 0.15) is 0 Å². The third kappa shape index (κ3) is 6.06. The van der Waals surface area contributed by atoms with E-state index in [0.717, 1.165) is 0 Å². The van der Waals surface area contributed by atoms with Crippen LogP contribution in [-0.4, -0.2) is 18.4 Å². The van der Waals surface area contributed by atoms with Crippen molar-refractivity contribution in [2.24, 2.45) is 0 Å². The second kappa shape index (κ2) is 11.0. The molecule has 134 valence electrons. The molecular formula is C20H32NO3+. The SMILES string of the molecule is CCCCC(CCCC)c1cc[n+](C(C(C)=O)C(=O)OCC)cc1. The van der Waals surface area contributed by atoms with Gasteiger partial charge in [-0.25, -0.2) is 4.79 Å². The number of ether oxygens (including phenoxy) is 1. The van der Waals surface area contributed by atoms with Gasteiger partial charge >= 0.3 is 12.0 Å². The summed E-state index contributed by atoms with van der Waals surface area (Å²) in [6.07, 6.45) is 10.9. The van der Waals surface area contributed by atoms with Gasteiger partial charge in [-0.3, -0.25) is 4.79 Å². The van der Waals surface area contributed by atoms with Crippen LogP contribution in [0.1, 0.15) is 83.7 Å². The average molecular weight is 334 g/mol. The first kappa shape index (κ1) is 20.3. The highest BCUT2D eigenvalue weighted by atomic mass is 16.5. The Kier molecular flexibility index (Phi) is 9.28. The van der Waals surface area contributed by atoms with E-state index in [1.807, 2.05) is 24.5 Å². The highest BCUT2D eigenvalue weighted by molar-refractivity contribution is 5.97. The molecule has 0 aliphatic carbocycles. The van der Waals surface area contributed by atoms with Crippen LogP contribution < -0.4 is 4.57 Å². The Bertz CT molecular complexity index is 502. The Morgan fingerprint density at radius 1 is 1.04 bits per heavy atom. The average Bonchev–Trinajstić information content (AvgIpc) is 2.56. The van der Waals surface area contributed by atoms with Crippen LogP contribution in [0.15, 0.2) is 24.5 Å². The lowest BCUT2D eigenvalue weighted by molar-refractivity contribution is -0.697. The van der Waals surface area contributed by atoms with Gasteiger partial charge in [-0.2, -0.15) is 4.57 Å². The maximum atomic E-state index is 12.0. The van der Waals surface area contributed by atoms with Crippen molar-refractivity contribution in [1.82, 2.24) is 0 Å². The predicted octanol–water partition coefficient (Wildman–Crippen LogP) is 4.13. The molecule has 0 amide bonds. The topological polar surface area (TPSA) is 47.2 Å². The van der Waals surface area contributed by atoms with Gasteiger partial charge in [0.05, 0.1) is 6.61 Å². The third-order valence-electron chi connectivity index (χ3n) is 4.35. The molecule has 4 heteroatoms. The van der Waals surface area contributed by atoms with Crippen molar-refractivity contribution >= 4 is 11.8 Å². The largest absolute Gasteiger partial charge is 0.461 e. The first-order valence-corrected chi connectivity index (χ1v) is 9.22. The molecule has 4 nitrogen and oxygen atoms in total. The number of carbonyl (C=O) groups excluding carboxylic acids is 2. The van der Waals surface area contributed by atoms with E-state index in [1.54, 1.807) is 11.5 Å². The molecule has 1 aromatic heterocycles. The summed E-state index contributed by atoms with van der Waals surface area (Å²) in [5, 5.41) is 0. The van der Waals surface area contributed by atoms with Crippen molar-refractivity contribution in [2.45, 2.75) is 78.2 Å². The maximum Gasteiger partial charge on any atom is 0.384 e. The first-order chi connectivity index (χ1) is 11.5. The monoisotopic (exact) mass is 334 g/mol. The van der Waals surface area contributed by atoms with E-state index in [1.165, 1.54) is 51.0 Å². The molecule has 0 fully saturated rings. The number of rotatable bonds is 11. The number of ketones is 1. The number of Topliss-reactive ketones (excluding diaryl/α,β-unsaturated/α-hetero) is 1. The standard InChI is InChI=1S/C20H32NO3/c1-5-8-10-17(11-9-6-2)18-12-14-21(15-13-18)19(16(4)22)20(23)24-7-3/h12-15,17,19H,5-11H2,1-4H3/q+1. The molecule has 0 aliphatic heterocycles. The molecule has 0 bridgehead atoms. The smallest absolute Gasteiger partial charge is 0.384 e. The summed E-state index contributed by atoms with van der Waals surface area (Å²) < 4.78 is 6.68. The zero-order valence-corrected chi connectivity index (χ0v) is 15.6. The predicted molar refractivity (Wildman–Crippen MR) is 94.8 cm³/mol. The summed E-state index contributed by atoms with van der Waals surface area (Å²) in [7, 11) is 0. The molecule has 1 aromatic rings. The van der Waals surface area contributed by atoms with Crippen molar-refractivity contribution in [3.05, 3.63) is 30.1 Å². The van der Waals surface area contributed by atoms with Gasteiger partial charge in [0.15, 0.2) is 12.4 Å². The number of esters is 1. The minimum absolute atomic E-state index is 0.209. The molecule has 0 radical (unpaired) electrons. The fourth-order valence-electron chi connectivity index (χ4n) is 2.99. The van der Waals surface area contributed by atoms with Gasteiger partial charge in [-0.1, -0.05) is 39.5 Å². The van der Waals surface area contributed by atoms with Crippen molar-refractivity contribution in [1.29, 1.82) is 0 Å². The van der Waals surface area contributed by atoms with Crippen LogP contribution >= 0.6 is 0 Å². The van der Waals surface area contributed by atoms with Crippen LogP contribution in [0.2, 0.25) is 0 Å². The van der Waals surface area contributed by atoms with E-state index in [2.05, 4.69) is 13.8 Å². The number of hydrogen-bond donors (Lipinski definition) is 0. The normalized spacial score (nSPS) is 12.2. The van der Waals surface area contributed by atoms with Crippen molar-refractivity contribution in [2.75, 3.05) is 6.61 Å². The van der Waals surface area contributed by atoms with Crippen LogP contribution in [0.3, 0.4) is 0 Å². The Balaban J connectivity index is 2.94. The third-order valence-corrected chi connectivity index (χ3v) is 4.35. The highest BCUT2D eigenvalue weighted by Crippen LogP contribution is 2.27. The Morgan fingerprint density at radius 2 is 1.58 bits per heavy atom. The van der Waals surface area contributed by atoms with E-state index in [4.69, 9.17) is 4.74 Å². The summed E-state index contributed by atoms with van der Waals surface area (Å²) in [6, 6.07) is 3.21. The Hall–Kier alpha value is -1.71. The Morgan fingerprint density at radius 3 is 2.00 bits per heavy atom. The number of hydrogen-bond acceptors (Lipinski definition) is 3. The lowest BCUT2D eigenvalue weighted by atomic mass is 9.89. The highest BCUT2D eigenvalue weighted by Gasteiger charge is 2.33. The van der Waals surface area contributed by atoms with Crippen molar-refractivity contribution in [3.63, 3.8) is 0 Å². The molecule has 0 spiro atoms. The van der Waals surface area contributed by atoms with Crippen molar-refractivity contribution in [3.8, 4) is 0 Å². The van der Waals surface area contributed by atoms with Gasteiger partial charge in [-0.15, -0.1) is 0 Å². The summed E-state index contributed by atoms with van der Waals surface area (Å²) >= 11 is 0. The molecule has 1 rings (SSSR count). The molecule has 0 aromatic carbocycles. The molecule has 24 heavy (non-hydrogen) atoms. The van der Waals surface area contributed by atoms with Gasteiger partial charge in [0.25, 0.3) is 0 Å². The maximum absolute atomic E-state index is 12.0. The molecule has 1 atom stereocenters. The Labute approximate surface area is 146 Å². The van der Waals surface area contributed by atoms with Crippen LogP contribution in [0.25, 0.3) is 0 Å². The summed E-state index contributed by atoms with van der Waals surface area (Å²) in [5.41, 5.74) is 1.29. The fourth-order valence-corrected chi connectivity index (χ4v) is 2.99. The number of pyridine rings is 1. The zero-order chi connectivity index (χ0) is 17.9. The van der Waals surface area contributed by atoms with Crippen molar-refractivity contribution < 1.29 is 18.9 Å². The molecule has 0 saturated heterocycles. The second-order valence-corrected chi connectivity index (χ2v) is 6.33. The fraction of sp³-hybridized carbons (Fsp3) is 0.650. The lowest BCUT2D eigenvalue weighted by Crippen LogP contribution is -2.48. The van der Waals surface area contributed by atoms with E-state index in [-0.39, 0.29) is 12.4 Å². The van der Waals surface area contributed by atoms with Crippen LogP contribution in [-0.2, 0) is 14.3 Å². The van der Waals surface area contributed by atoms with Gasteiger partial charge in [-0.05, 0) is 31.2 Å². The second-order valence-electron chi connectivity index (χ2n) is 6.33. The van der Waals surface area contributed by atoms with Gasteiger partial charge in [0, 0.05) is 19.1 Å². The minimum atomic E-state index is -0.885. The van der Waals surface area contributed by atoms with E-state index >= 15 is 0 Å². The molecular weight excluding hydrogens is 302 g/mol. The van der Waals surface area contributed by atoms with E-state index in [9.17, 15) is 9.59 Å². The molecule has 0 saturated carbocycles. The molecule has 0 aliphatic rings. The number of aromatic nitrogens is 1. The zero-order valence-electron chi connectivity index (χ0n) is 15.6. The lowest BCUT2D eigenvalue weighted by Gasteiger charge is -2.16. The van der Waals surface area contributed by atoms with Crippen LogP contribution in [0, 0.1) is 0 Å². The van der Waals surface area contributed by atoms with Crippen LogP contribution in [0.5, 0.6) is 0 Å². The summed E-state index contributed by atoms with van der Waals surface area (Å²) in [6.45, 7) is 7.87. The van der Waals surface area contributed by atoms with Crippen LogP contribution in [0.4, 0.5) is 0 Å². The summed E-state index contributed by atoms with van der Waals surface area (Å²) in [4.78, 5) is 23.9.